The Bertz CT molecular complexity index is 1210. The van der Waals surface area contributed by atoms with Crippen LogP contribution in [0.4, 0.5) is 0 Å². The van der Waals surface area contributed by atoms with Crippen LogP contribution in [0, 0.1) is 12.8 Å². The van der Waals surface area contributed by atoms with E-state index in [0.29, 0.717) is 34.7 Å². The Balaban J connectivity index is 1.89. The van der Waals surface area contributed by atoms with E-state index in [9.17, 15) is 14.4 Å². The summed E-state index contributed by atoms with van der Waals surface area (Å²) in [6.07, 6.45) is 0.417. The number of thiophene rings is 1. The van der Waals surface area contributed by atoms with Crippen molar-refractivity contribution >= 4 is 29.1 Å². The van der Waals surface area contributed by atoms with E-state index in [4.69, 9.17) is 14.2 Å². The van der Waals surface area contributed by atoms with Crippen molar-refractivity contribution in [3.8, 4) is 5.75 Å². The van der Waals surface area contributed by atoms with Crippen LogP contribution in [0.5, 0.6) is 5.75 Å². The Kier molecular flexibility index (Phi) is 6.61. The highest BCUT2D eigenvalue weighted by Gasteiger charge is 2.49. The topological polar surface area (TPSA) is 90.9 Å². The van der Waals surface area contributed by atoms with Crippen molar-refractivity contribution in [2.24, 2.45) is 5.92 Å². The number of methoxy groups -OCH3 is 3. The number of ether oxygens (including phenoxy) is 3. The number of hydrogen-bond acceptors (Lipinski definition) is 8. The first-order valence-electron chi connectivity index (χ1n) is 10.9. The standard InChI is InChI=1S/C26H27NO6S/c1-13-10-11-34-24(13)22-19(25(29)32-4)14(2)27-18-12-17(15-6-8-16(31-3)9-7-15)20(26(30)33-5)23(28)21(18)22/h6-11,17,20,22,27H,12H2,1-5H3/t17-,20-,22-/m0/s1. The summed E-state index contributed by atoms with van der Waals surface area (Å²) >= 11 is 1.48. The van der Waals surface area contributed by atoms with E-state index in [1.165, 1.54) is 25.6 Å². The number of Topliss-reactive ketones (excluding diaryl/α,β-unsaturated/α-hetero) is 1. The van der Waals surface area contributed by atoms with E-state index in [0.717, 1.165) is 16.0 Å². The molecule has 34 heavy (non-hydrogen) atoms. The van der Waals surface area contributed by atoms with Gasteiger partial charge in [0.25, 0.3) is 0 Å². The van der Waals surface area contributed by atoms with Gasteiger partial charge in [-0.3, -0.25) is 9.59 Å². The maximum atomic E-state index is 14.1. The highest BCUT2D eigenvalue weighted by molar-refractivity contribution is 7.10. The van der Waals surface area contributed by atoms with Crippen LogP contribution in [-0.2, 0) is 23.9 Å². The maximum absolute atomic E-state index is 14.1. The summed E-state index contributed by atoms with van der Waals surface area (Å²) in [7, 11) is 4.19. The zero-order valence-corrected chi connectivity index (χ0v) is 20.6. The molecule has 0 saturated carbocycles. The van der Waals surface area contributed by atoms with Gasteiger partial charge in [0.1, 0.15) is 11.7 Å². The first-order chi connectivity index (χ1) is 16.3. The maximum Gasteiger partial charge on any atom is 0.336 e. The smallest absolute Gasteiger partial charge is 0.336 e. The summed E-state index contributed by atoms with van der Waals surface area (Å²) in [6, 6.07) is 9.31. The highest BCUT2D eigenvalue weighted by Crippen LogP contribution is 2.49. The number of dihydropyridines is 1. The fourth-order valence-electron chi connectivity index (χ4n) is 4.92. The Hall–Kier alpha value is -3.39. The van der Waals surface area contributed by atoms with E-state index in [2.05, 4.69) is 5.32 Å². The molecule has 4 rings (SSSR count). The predicted octanol–water partition coefficient (Wildman–Crippen LogP) is 4.00. The minimum Gasteiger partial charge on any atom is -0.497 e. The van der Waals surface area contributed by atoms with Crippen LogP contribution in [0.15, 0.2) is 58.3 Å². The number of carbonyl (C=O) groups excluding carboxylic acids is 3. The zero-order valence-electron chi connectivity index (χ0n) is 19.8. The minimum atomic E-state index is -1.03. The third kappa shape index (κ3) is 3.92. The molecule has 0 fully saturated rings. The third-order valence-corrected chi connectivity index (χ3v) is 7.67. The Morgan fingerprint density at radius 2 is 1.74 bits per heavy atom. The average molecular weight is 482 g/mol. The van der Waals surface area contributed by atoms with Gasteiger partial charge in [-0.15, -0.1) is 11.3 Å². The molecule has 3 atom stereocenters. The molecule has 0 unspecified atom stereocenters. The molecular weight excluding hydrogens is 454 g/mol. The molecule has 2 aromatic rings. The summed E-state index contributed by atoms with van der Waals surface area (Å²) in [4.78, 5) is 40.7. The van der Waals surface area contributed by atoms with Crippen LogP contribution in [0.25, 0.3) is 0 Å². The normalized spacial score (nSPS) is 22.1. The molecule has 0 amide bonds. The van der Waals surface area contributed by atoms with E-state index < -0.39 is 29.7 Å². The molecule has 1 aliphatic heterocycles. The van der Waals surface area contributed by atoms with Crippen LogP contribution in [-0.4, -0.2) is 39.1 Å². The number of esters is 2. The quantitative estimate of drug-likeness (QED) is 0.510. The predicted molar refractivity (Wildman–Crippen MR) is 128 cm³/mol. The van der Waals surface area contributed by atoms with Crippen molar-refractivity contribution in [2.45, 2.75) is 32.1 Å². The lowest BCUT2D eigenvalue weighted by molar-refractivity contribution is -0.150. The van der Waals surface area contributed by atoms with Crippen LogP contribution in [0.3, 0.4) is 0 Å². The van der Waals surface area contributed by atoms with E-state index in [-0.39, 0.29) is 5.78 Å². The second-order valence-corrected chi connectivity index (χ2v) is 9.34. The molecule has 1 aromatic heterocycles. The first-order valence-corrected chi connectivity index (χ1v) is 11.8. The number of rotatable bonds is 5. The van der Waals surface area contributed by atoms with Crippen LogP contribution in [0.2, 0.25) is 0 Å². The van der Waals surface area contributed by atoms with Crippen molar-refractivity contribution in [1.29, 1.82) is 0 Å². The Labute approximate surface area is 202 Å². The summed E-state index contributed by atoms with van der Waals surface area (Å²) in [5, 5.41) is 5.22. The van der Waals surface area contributed by atoms with Gasteiger partial charge in [-0.1, -0.05) is 12.1 Å². The van der Waals surface area contributed by atoms with Crippen molar-refractivity contribution in [1.82, 2.24) is 5.32 Å². The molecule has 1 aromatic carbocycles. The Morgan fingerprint density at radius 3 is 2.29 bits per heavy atom. The SMILES string of the molecule is COC(=O)C1=C(C)NC2=C(C(=O)[C@@H](C(=O)OC)[C@H](c3ccc(OC)cc3)C2)[C@H]1c1sccc1C. The van der Waals surface area contributed by atoms with Gasteiger partial charge >= 0.3 is 11.9 Å². The summed E-state index contributed by atoms with van der Waals surface area (Å²) < 4.78 is 15.4. The molecule has 0 saturated heterocycles. The second kappa shape index (κ2) is 9.46. The fraction of sp³-hybridized carbons (Fsp3) is 0.346. The monoisotopic (exact) mass is 481 g/mol. The minimum absolute atomic E-state index is 0.340. The van der Waals surface area contributed by atoms with E-state index in [1.807, 2.05) is 49.6 Å². The average Bonchev–Trinajstić information content (AvgIpc) is 3.27. The number of benzene rings is 1. The zero-order chi connectivity index (χ0) is 24.6. The second-order valence-electron chi connectivity index (χ2n) is 8.40. The largest absolute Gasteiger partial charge is 0.497 e. The fourth-order valence-corrected chi connectivity index (χ4v) is 5.96. The molecule has 0 radical (unpaired) electrons. The first kappa shape index (κ1) is 23.8. The number of ketones is 1. The molecule has 8 heteroatoms. The molecule has 2 aliphatic rings. The van der Waals surface area contributed by atoms with Crippen molar-refractivity contribution in [2.75, 3.05) is 21.3 Å². The van der Waals surface area contributed by atoms with Crippen molar-refractivity contribution in [3.63, 3.8) is 0 Å². The van der Waals surface area contributed by atoms with Crippen molar-refractivity contribution < 1.29 is 28.6 Å². The number of aryl methyl sites for hydroxylation is 1. The highest BCUT2D eigenvalue weighted by atomic mass is 32.1. The van der Waals surface area contributed by atoms with Crippen LogP contribution < -0.4 is 10.1 Å². The van der Waals surface area contributed by atoms with Gasteiger partial charge in [0, 0.05) is 27.8 Å². The Morgan fingerprint density at radius 1 is 1.03 bits per heavy atom. The number of nitrogens with one attached hydrogen (secondary N) is 1. The summed E-state index contributed by atoms with van der Waals surface area (Å²) in [5.41, 5.74) is 3.97. The van der Waals surface area contributed by atoms with Gasteiger partial charge in [-0.2, -0.15) is 0 Å². The van der Waals surface area contributed by atoms with E-state index >= 15 is 0 Å². The molecular formula is C26H27NO6S. The molecule has 1 aliphatic carbocycles. The number of hydrogen-bond donors (Lipinski definition) is 1. The lowest BCUT2D eigenvalue weighted by Gasteiger charge is -2.39. The van der Waals surface area contributed by atoms with Gasteiger partial charge in [-0.05, 0) is 55.0 Å². The van der Waals surface area contributed by atoms with Crippen molar-refractivity contribution in [3.05, 3.63) is 74.3 Å². The van der Waals surface area contributed by atoms with Crippen LogP contribution in [0.1, 0.15) is 41.2 Å². The summed E-state index contributed by atoms with van der Waals surface area (Å²) in [6.45, 7) is 3.76. The number of allylic oxidation sites excluding steroid dienone is 3. The lowest BCUT2D eigenvalue weighted by Crippen LogP contribution is -2.43. The van der Waals surface area contributed by atoms with Gasteiger partial charge in [0.2, 0.25) is 0 Å². The van der Waals surface area contributed by atoms with Gasteiger partial charge < -0.3 is 19.5 Å². The third-order valence-electron chi connectivity index (χ3n) is 6.59. The molecule has 1 N–H and O–H groups in total. The van der Waals surface area contributed by atoms with Crippen LogP contribution >= 0.6 is 11.3 Å². The number of carbonyl (C=O) groups is 3. The van der Waals surface area contributed by atoms with E-state index in [1.54, 1.807) is 7.11 Å². The molecule has 0 spiro atoms. The summed E-state index contributed by atoms with van der Waals surface area (Å²) in [5.74, 6) is -2.81. The van der Waals surface area contributed by atoms with Gasteiger partial charge in [0.15, 0.2) is 5.78 Å². The molecule has 178 valence electrons. The van der Waals surface area contributed by atoms with Gasteiger partial charge in [0.05, 0.1) is 32.8 Å². The molecule has 7 nitrogen and oxygen atoms in total. The lowest BCUT2D eigenvalue weighted by atomic mass is 9.68. The molecule has 0 bridgehead atoms. The molecule has 2 heterocycles. The van der Waals surface area contributed by atoms with Gasteiger partial charge in [-0.25, -0.2) is 4.79 Å².